The van der Waals surface area contributed by atoms with Gasteiger partial charge in [-0.15, -0.1) is 0 Å². The van der Waals surface area contributed by atoms with Crippen molar-refractivity contribution in [1.29, 1.82) is 0 Å². The molecular weight excluding hydrogens is 278 g/mol. The van der Waals surface area contributed by atoms with Crippen LogP contribution in [0, 0.1) is 0 Å². The zero-order valence-corrected chi connectivity index (χ0v) is 14.1. The Labute approximate surface area is 133 Å². The van der Waals surface area contributed by atoms with Crippen LogP contribution in [-0.2, 0) is 18.2 Å². The van der Waals surface area contributed by atoms with Crippen molar-refractivity contribution in [2.45, 2.75) is 39.2 Å². The van der Waals surface area contributed by atoms with Gasteiger partial charge >= 0.3 is 0 Å². The molecule has 22 heavy (non-hydrogen) atoms. The Bertz CT molecular complexity index is 463. The molecular formula is C16H29N5O. The molecule has 1 aliphatic heterocycles. The number of guanidine groups is 1. The quantitative estimate of drug-likeness (QED) is 0.638. The van der Waals surface area contributed by atoms with Crippen LogP contribution in [0.2, 0.25) is 0 Å². The van der Waals surface area contributed by atoms with Crippen LogP contribution in [0.5, 0.6) is 0 Å². The van der Waals surface area contributed by atoms with Gasteiger partial charge in [0.1, 0.15) is 0 Å². The number of aliphatic imine (C=N–C) groups is 1. The van der Waals surface area contributed by atoms with E-state index >= 15 is 0 Å². The van der Waals surface area contributed by atoms with Gasteiger partial charge in [0.05, 0.1) is 12.3 Å². The minimum absolute atomic E-state index is 0.416. The first-order valence-corrected chi connectivity index (χ1v) is 8.35. The summed E-state index contributed by atoms with van der Waals surface area (Å²) in [6.45, 7) is 8.72. The summed E-state index contributed by atoms with van der Waals surface area (Å²) >= 11 is 0. The van der Waals surface area contributed by atoms with Crippen molar-refractivity contribution in [3.8, 4) is 0 Å². The molecule has 0 amide bonds. The van der Waals surface area contributed by atoms with Crippen LogP contribution in [-0.4, -0.2) is 59.5 Å². The lowest BCUT2D eigenvalue weighted by Crippen LogP contribution is -2.47. The molecule has 0 saturated carbocycles. The lowest BCUT2D eigenvalue weighted by molar-refractivity contribution is 0.0264. The summed E-state index contributed by atoms with van der Waals surface area (Å²) in [5.74, 6) is 1.03. The van der Waals surface area contributed by atoms with Gasteiger partial charge in [0.2, 0.25) is 0 Å². The van der Waals surface area contributed by atoms with E-state index in [4.69, 9.17) is 9.73 Å². The van der Waals surface area contributed by atoms with Crippen molar-refractivity contribution in [1.82, 2.24) is 20.0 Å². The van der Waals surface area contributed by atoms with Crippen LogP contribution in [0.1, 0.15) is 32.3 Å². The molecule has 6 heteroatoms. The van der Waals surface area contributed by atoms with Crippen molar-refractivity contribution in [2.24, 2.45) is 12.0 Å². The van der Waals surface area contributed by atoms with Crippen LogP contribution in [0.4, 0.5) is 0 Å². The minimum Gasteiger partial charge on any atom is -0.378 e. The average Bonchev–Trinajstić information content (AvgIpc) is 2.93. The van der Waals surface area contributed by atoms with Gasteiger partial charge < -0.3 is 15.0 Å². The summed E-state index contributed by atoms with van der Waals surface area (Å²) in [6, 6.07) is 0. The number of likely N-dealkylation sites (tertiary alicyclic amines) is 1. The fourth-order valence-electron chi connectivity index (χ4n) is 2.79. The Hall–Kier alpha value is -1.56. The molecule has 0 atom stereocenters. The molecule has 124 valence electrons. The van der Waals surface area contributed by atoms with E-state index in [1.165, 1.54) is 5.56 Å². The number of rotatable bonds is 6. The van der Waals surface area contributed by atoms with E-state index in [-0.39, 0.29) is 0 Å². The van der Waals surface area contributed by atoms with Crippen LogP contribution in [0.25, 0.3) is 0 Å². The fraction of sp³-hybridized carbons (Fsp3) is 0.750. The van der Waals surface area contributed by atoms with Crippen molar-refractivity contribution in [3.05, 3.63) is 18.0 Å². The highest BCUT2D eigenvalue weighted by Gasteiger charge is 2.21. The summed E-state index contributed by atoms with van der Waals surface area (Å²) < 4.78 is 7.55. The lowest BCUT2D eigenvalue weighted by atomic mass is 10.1. The van der Waals surface area contributed by atoms with E-state index in [0.717, 1.165) is 58.0 Å². The third-order valence-corrected chi connectivity index (χ3v) is 3.90. The molecule has 1 aliphatic rings. The van der Waals surface area contributed by atoms with Crippen LogP contribution in [0.15, 0.2) is 17.4 Å². The standard InChI is InChI=1S/C16H29N5O/c1-4-17-16(18-9-6-14-12-19-20(3)13-14)21-10-7-15(8-11-21)22-5-2/h12-13,15H,4-11H2,1-3H3,(H,17,18). The smallest absolute Gasteiger partial charge is 0.193 e. The normalized spacial score (nSPS) is 17.0. The largest absolute Gasteiger partial charge is 0.378 e. The number of aryl methyl sites for hydroxylation is 1. The highest BCUT2D eigenvalue weighted by Crippen LogP contribution is 2.13. The Morgan fingerprint density at radius 1 is 1.41 bits per heavy atom. The molecule has 1 aromatic heterocycles. The fourth-order valence-corrected chi connectivity index (χ4v) is 2.79. The predicted octanol–water partition coefficient (Wildman–Crippen LogP) is 1.43. The van der Waals surface area contributed by atoms with Gasteiger partial charge in [-0.05, 0) is 38.7 Å². The monoisotopic (exact) mass is 307 g/mol. The average molecular weight is 307 g/mol. The minimum atomic E-state index is 0.416. The summed E-state index contributed by atoms with van der Waals surface area (Å²) in [6.07, 6.45) is 7.48. The number of piperidine rings is 1. The van der Waals surface area contributed by atoms with E-state index in [0.29, 0.717) is 6.10 Å². The summed E-state index contributed by atoms with van der Waals surface area (Å²) in [5.41, 5.74) is 1.23. The number of aromatic nitrogens is 2. The number of nitrogens with one attached hydrogen (secondary N) is 1. The van der Waals surface area contributed by atoms with Gasteiger partial charge in [-0.3, -0.25) is 9.67 Å². The summed E-state index contributed by atoms with van der Waals surface area (Å²) in [4.78, 5) is 7.12. The third kappa shape index (κ3) is 5.02. The van der Waals surface area contributed by atoms with Gasteiger partial charge in [-0.2, -0.15) is 5.10 Å². The van der Waals surface area contributed by atoms with E-state index in [2.05, 4.69) is 35.4 Å². The molecule has 0 bridgehead atoms. The molecule has 0 spiro atoms. The highest BCUT2D eigenvalue weighted by molar-refractivity contribution is 5.80. The number of hydrogen-bond donors (Lipinski definition) is 1. The second-order valence-corrected chi connectivity index (χ2v) is 5.65. The van der Waals surface area contributed by atoms with E-state index in [9.17, 15) is 0 Å². The zero-order valence-electron chi connectivity index (χ0n) is 14.1. The second-order valence-electron chi connectivity index (χ2n) is 5.65. The Kier molecular flexibility index (Phi) is 6.71. The molecule has 6 nitrogen and oxygen atoms in total. The zero-order chi connectivity index (χ0) is 15.8. The SMILES string of the molecule is CCNC(=NCCc1cnn(C)c1)N1CCC(OCC)CC1. The topological polar surface area (TPSA) is 54.7 Å². The molecule has 1 fully saturated rings. The first kappa shape index (κ1) is 16.8. The van der Waals surface area contributed by atoms with Crippen LogP contribution < -0.4 is 5.32 Å². The van der Waals surface area contributed by atoms with Crippen LogP contribution in [0.3, 0.4) is 0 Å². The van der Waals surface area contributed by atoms with Crippen LogP contribution >= 0.6 is 0 Å². The number of hydrogen-bond acceptors (Lipinski definition) is 3. The van der Waals surface area contributed by atoms with Gasteiger partial charge in [-0.25, -0.2) is 0 Å². The van der Waals surface area contributed by atoms with E-state index in [1.54, 1.807) is 0 Å². The Morgan fingerprint density at radius 3 is 2.77 bits per heavy atom. The second kappa shape index (κ2) is 8.78. The van der Waals surface area contributed by atoms with Gasteiger partial charge in [0, 0.05) is 46.0 Å². The van der Waals surface area contributed by atoms with Gasteiger partial charge in [0.25, 0.3) is 0 Å². The number of nitrogens with zero attached hydrogens (tertiary/aromatic N) is 4. The highest BCUT2D eigenvalue weighted by atomic mass is 16.5. The summed E-state index contributed by atoms with van der Waals surface area (Å²) in [5, 5.41) is 7.60. The van der Waals surface area contributed by atoms with Gasteiger partial charge in [0.15, 0.2) is 5.96 Å². The van der Waals surface area contributed by atoms with Crippen molar-refractivity contribution in [3.63, 3.8) is 0 Å². The molecule has 0 radical (unpaired) electrons. The molecule has 0 aliphatic carbocycles. The summed E-state index contributed by atoms with van der Waals surface area (Å²) in [7, 11) is 1.94. The molecule has 2 rings (SSSR count). The maximum atomic E-state index is 5.72. The van der Waals surface area contributed by atoms with Crippen molar-refractivity contribution < 1.29 is 4.74 Å². The lowest BCUT2D eigenvalue weighted by Gasteiger charge is -2.34. The Morgan fingerprint density at radius 2 is 2.18 bits per heavy atom. The third-order valence-electron chi connectivity index (χ3n) is 3.90. The molecule has 1 aromatic rings. The number of ether oxygens (including phenoxy) is 1. The molecule has 0 aromatic carbocycles. The van der Waals surface area contributed by atoms with Gasteiger partial charge in [-0.1, -0.05) is 0 Å². The Balaban J connectivity index is 1.84. The molecule has 1 N–H and O–H groups in total. The van der Waals surface area contributed by atoms with Crippen molar-refractivity contribution >= 4 is 5.96 Å². The maximum Gasteiger partial charge on any atom is 0.193 e. The van der Waals surface area contributed by atoms with Crippen molar-refractivity contribution in [2.75, 3.05) is 32.8 Å². The predicted molar refractivity (Wildman–Crippen MR) is 89.1 cm³/mol. The molecule has 1 saturated heterocycles. The maximum absolute atomic E-state index is 5.72. The van der Waals surface area contributed by atoms with E-state index < -0.39 is 0 Å². The van der Waals surface area contributed by atoms with E-state index in [1.807, 2.05) is 17.9 Å². The first-order valence-electron chi connectivity index (χ1n) is 8.35. The molecule has 2 heterocycles. The first-order chi connectivity index (χ1) is 10.7. The molecule has 0 unspecified atom stereocenters.